The van der Waals surface area contributed by atoms with Gasteiger partial charge in [-0.1, -0.05) is 291 Å². The summed E-state index contributed by atoms with van der Waals surface area (Å²) in [6.45, 7) is 0. The van der Waals surface area contributed by atoms with Crippen molar-refractivity contribution in [1.82, 2.24) is 38.6 Å². The predicted octanol–water partition coefficient (Wildman–Crippen LogP) is 24.2. The summed E-state index contributed by atoms with van der Waals surface area (Å²) in [5, 5.41) is 12.3. The molecule has 0 spiro atoms. The number of nitrogens with one attached hydrogen (secondary N) is 1. The van der Waals surface area contributed by atoms with Gasteiger partial charge in [-0.2, -0.15) is 0 Å². The summed E-state index contributed by atoms with van der Waals surface area (Å²) >= 11 is 6.24. The Morgan fingerprint density at radius 3 is 1.05 bits per heavy atom. The fraction of sp³-hybridized carbons (Fsp3) is 0.00990. The number of aromatic nitrogens is 8. The van der Waals surface area contributed by atoms with Crippen molar-refractivity contribution in [3.8, 4) is 84.3 Å². The van der Waals surface area contributed by atoms with Gasteiger partial charge in [-0.05, 0) is 153 Å². The van der Waals surface area contributed by atoms with Crippen LogP contribution in [0.2, 0.25) is 5.28 Å². The van der Waals surface area contributed by atoms with E-state index >= 15 is 0 Å². The minimum atomic E-state index is -1.00. The monoisotopic (exact) mass is 1470 g/mol. The van der Waals surface area contributed by atoms with E-state index in [1.54, 1.807) is 0 Å². The summed E-state index contributed by atoms with van der Waals surface area (Å²) in [5.41, 5.74) is 26.6. The number of nitrogens with zero attached hydrogens (tertiary/aromatic N) is 7. The van der Waals surface area contributed by atoms with Crippen LogP contribution in [0.4, 0.5) is 4.39 Å². The number of halogens is 2. The summed E-state index contributed by atoms with van der Waals surface area (Å²) in [4.78, 5) is 23.4. The maximum Gasteiger partial charge on any atom is 1.00 e. The minimum absolute atomic E-state index is 0. The average Bonchev–Trinajstić information content (AvgIpc) is 1.55. The molecule has 528 valence electrons. The first-order chi connectivity index (χ1) is 55.4. The van der Waals surface area contributed by atoms with Crippen molar-refractivity contribution in [2.24, 2.45) is 0 Å². The van der Waals surface area contributed by atoms with Crippen molar-refractivity contribution >= 4 is 121 Å². The van der Waals surface area contributed by atoms with Gasteiger partial charge in [-0.25, -0.2) is 19.9 Å². The van der Waals surface area contributed by atoms with Crippen LogP contribution in [-0.2, 0) is 0 Å². The zero-order chi connectivity index (χ0) is 75.0. The largest absolute Gasteiger partial charge is 1.00 e. The molecule has 0 saturated carbocycles. The maximum atomic E-state index is 9.96. The average molecular weight is 1470 g/mol. The van der Waals surface area contributed by atoms with Crippen LogP contribution in [0.25, 0.3) is 193 Å². The van der Waals surface area contributed by atoms with Crippen molar-refractivity contribution in [2.45, 2.75) is 0 Å². The Labute approximate surface area is 675 Å². The Morgan fingerprint density at radius 1 is 0.277 bits per heavy atom. The zero-order valence-electron chi connectivity index (χ0n) is 63.0. The normalized spacial score (nSPS) is 11.4. The molecule has 11 heteroatoms. The molecule has 6 aromatic heterocycles. The third-order valence-electron chi connectivity index (χ3n) is 21.1. The molecule has 0 bridgehead atoms. The first-order valence-electron chi connectivity index (χ1n) is 37.7. The van der Waals surface area contributed by atoms with Gasteiger partial charge < -0.3 is 15.5 Å². The first kappa shape index (κ1) is 69.1. The SMILES string of the molecule is Clc1nc(-c2ccc(-c3ccccc3)cc2)c2cc(-c3ccccc3)ccc2n1.[2H]CF.[H-].[Na+].c1ccc(-c2ccc(-c3nc(-n4c5ccccc5c5c6c7ccccc7n(-c7ccccc7)c6ccc54)nc4ccc(-c5ccccc5)cc34)cc2)cc1.c1ccc(-n2c3ccccc3c3c4c(ccc32)[nH]c2ccccc24)cc1. The second-order valence-corrected chi connectivity index (χ2v) is 27.8. The molecule has 0 saturated heterocycles. The number of benzene rings is 16. The molecule has 16 aromatic carbocycles. The number of hydrogen-bond acceptors (Lipinski definition) is 4. The number of rotatable bonds is 9. The minimum Gasteiger partial charge on any atom is -1.00 e. The van der Waals surface area contributed by atoms with Gasteiger partial charge in [0.05, 0.1) is 64.0 Å². The zero-order valence-corrected chi connectivity index (χ0v) is 63.8. The number of hydrogen-bond donors (Lipinski definition) is 1. The Balaban J connectivity index is 0.000000132. The van der Waals surface area contributed by atoms with Gasteiger partial charge in [0.25, 0.3) is 0 Å². The Kier molecular flexibility index (Phi) is 18.9. The van der Waals surface area contributed by atoms with Crippen LogP contribution in [0.1, 0.15) is 2.80 Å². The molecule has 0 aliphatic rings. The predicted molar refractivity (Wildman–Crippen MR) is 464 cm³/mol. The summed E-state index contributed by atoms with van der Waals surface area (Å²) in [6.07, 6.45) is 0. The van der Waals surface area contributed by atoms with Crippen molar-refractivity contribution in [3.63, 3.8) is 0 Å². The van der Waals surface area contributed by atoms with Crippen LogP contribution in [0.5, 0.6) is 0 Å². The van der Waals surface area contributed by atoms with E-state index in [1.165, 1.54) is 104 Å². The Morgan fingerprint density at radius 2 is 0.598 bits per heavy atom. The van der Waals surface area contributed by atoms with Gasteiger partial charge in [0.2, 0.25) is 11.2 Å². The standard InChI is InChI=1S/C50H32N4.C26H17ClN2.C24H16N2.CH3F.Na.H/c1-4-14-33(15-5-1)35-24-26-36(27-25-35)49-41-32-37(34-16-6-2-7-17-34)28-29-42(41)51-50(52-49)54-44-23-13-11-21-40(44)48-46(54)31-30-45-47(48)39-20-10-12-22-43(39)53(45)38-18-8-3-9-19-38;27-26-28-24-16-15-22(19-9-5-2-6-10-19)17-23(24)25(29-26)21-13-11-20(12-14-21)18-7-3-1-4-8-18;1-2-8-16(9-3-1)26-21-13-7-5-11-18(21)24-22(26)15-14-20-23(24)17-10-4-6-12-19(17)25-20;1-2;;/h1-32H;1-17H;1-15,25H;1H3;;/q;;;;+1;-1/i;;;1D;;. The van der Waals surface area contributed by atoms with E-state index in [0.29, 0.717) is 5.95 Å². The van der Waals surface area contributed by atoms with E-state index in [-0.39, 0.29) is 36.3 Å². The summed E-state index contributed by atoms with van der Waals surface area (Å²) < 4.78 is 22.5. The Bertz CT molecular complexity index is 7230. The molecule has 0 fully saturated rings. The molecule has 22 rings (SSSR count). The molecule has 112 heavy (non-hydrogen) atoms. The third-order valence-corrected chi connectivity index (χ3v) is 21.3. The van der Waals surface area contributed by atoms with Crippen molar-refractivity contribution in [3.05, 3.63) is 394 Å². The quantitative estimate of drug-likeness (QED) is 0.115. The van der Waals surface area contributed by atoms with Gasteiger partial charge in [-0.3, -0.25) is 8.96 Å². The first-order valence-corrected chi connectivity index (χ1v) is 37.3. The second kappa shape index (κ2) is 30.6. The van der Waals surface area contributed by atoms with Crippen LogP contribution in [0, 0.1) is 0 Å². The fourth-order valence-electron chi connectivity index (χ4n) is 16.1. The molecular weight excluding hydrogens is 1400 g/mol. The van der Waals surface area contributed by atoms with E-state index in [0.717, 1.165) is 83.3 Å². The number of alkyl halides is 1. The van der Waals surface area contributed by atoms with Crippen molar-refractivity contribution in [2.75, 3.05) is 7.15 Å². The molecule has 0 radical (unpaired) electrons. The van der Waals surface area contributed by atoms with Gasteiger partial charge >= 0.3 is 29.6 Å². The van der Waals surface area contributed by atoms with Gasteiger partial charge in [-0.15, -0.1) is 0 Å². The number of aromatic amines is 1. The maximum absolute atomic E-state index is 9.96. The molecule has 0 amide bonds. The molecule has 22 aromatic rings. The Hall–Kier alpha value is -13.4. The molecular formula is C101H69ClFN8Na. The van der Waals surface area contributed by atoms with E-state index in [1.807, 2.05) is 42.5 Å². The molecule has 0 aliphatic carbocycles. The van der Waals surface area contributed by atoms with Gasteiger partial charge in [0.1, 0.15) is 0 Å². The molecule has 1 N–H and O–H groups in total. The van der Waals surface area contributed by atoms with Crippen molar-refractivity contribution < 1.29 is 36.7 Å². The number of fused-ring (bicyclic) bond motifs is 16. The van der Waals surface area contributed by atoms with E-state index < -0.39 is 7.15 Å². The molecule has 0 atom stereocenters. The third kappa shape index (κ3) is 12.8. The smallest absolute Gasteiger partial charge is 1.00 e. The molecule has 8 nitrogen and oxygen atoms in total. The van der Waals surface area contributed by atoms with Gasteiger partial charge in [0.15, 0.2) is 0 Å². The van der Waals surface area contributed by atoms with Crippen LogP contribution in [0.15, 0.2) is 388 Å². The van der Waals surface area contributed by atoms with E-state index in [4.69, 9.17) is 22.9 Å². The molecule has 0 unspecified atom stereocenters. The van der Waals surface area contributed by atoms with Crippen LogP contribution in [0.3, 0.4) is 0 Å². The van der Waals surface area contributed by atoms with E-state index in [2.05, 4.69) is 374 Å². The van der Waals surface area contributed by atoms with Gasteiger partial charge in [0, 0.05) is 87.4 Å². The van der Waals surface area contributed by atoms with Crippen LogP contribution in [-0.4, -0.2) is 45.8 Å². The summed E-state index contributed by atoms with van der Waals surface area (Å²) in [6, 6.07) is 136. The number of H-pyrrole nitrogens is 1. The summed E-state index contributed by atoms with van der Waals surface area (Å²) in [7, 11) is -1.00. The molecule has 0 aliphatic heterocycles. The van der Waals surface area contributed by atoms with Crippen molar-refractivity contribution in [1.29, 1.82) is 0 Å². The summed E-state index contributed by atoms with van der Waals surface area (Å²) in [5.74, 6) is 0.648. The van der Waals surface area contributed by atoms with Crippen LogP contribution < -0.4 is 29.6 Å². The number of para-hydroxylation sites is 6. The topological polar surface area (TPSA) is 82.1 Å². The fourth-order valence-corrected chi connectivity index (χ4v) is 16.3. The van der Waals surface area contributed by atoms with E-state index in [9.17, 15) is 4.39 Å². The second-order valence-electron chi connectivity index (χ2n) is 27.4. The van der Waals surface area contributed by atoms with Crippen LogP contribution >= 0.6 is 11.6 Å². The molecule has 6 heterocycles.